The highest BCUT2D eigenvalue weighted by Gasteiger charge is 2.37. The number of nitrogens with one attached hydrogen (secondary N) is 2. The maximum absolute atomic E-state index is 12.7. The maximum atomic E-state index is 12.7. The van der Waals surface area contributed by atoms with E-state index in [1.165, 1.54) is 0 Å². The second-order valence-corrected chi connectivity index (χ2v) is 7.76. The Morgan fingerprint density at radius 1 is 1.26 bits per heavy atom. The van der Waals surface area contributed by atoms with E-state index >= 15 is 0 Å². The summed E-state index contributed by atoms with van der Waals surface area (Å²) in [5.74, 6) is 0.0294. The Morgan fingerprint density at radius 3 is 2.81 bits per heavy atom. The van der Waals surface area contributed by atoms with Crippen molar-refractivity contribution in [2.24, 2.45) is 0 Å². The smallest absolute Gasteiger partial charge is 0.251 e. The van der Waals surface area contributed by atoms with E-state index in [2.05, 4.69) is 15.7 Å². The van der Waals surface area contributed by atoms with Crippen molar-refractivity contribution < 1.29 is 14.3 Å². The third-order valence-corrected chi connectivity index (χ3v) is 5.50. The molecule has 0 bridgehead atoms. The molecule has 0 saturated carbocycles. The van der Waals surface area contributed by atoms with Gasteiger partial charge in [0.2, 0.25) is 5.91 Å². The summed E-state index contributed by atoms with van der Waals surface area (Å²) in [7, 11) is 1.58. The molecule has 2 aromatic carbocycles. The molecule has 7 nitrogen and oxygen atoms in total. The number of carbonyl (C=O) groups excluding carboxylic acids is 2. The minimum atomic E-state index is -0.743. The number of nitrogens with zero attached hydrogens (tertiary/aromatic N) is 2. The van der Waals surface area contributed by atoms with Gasteiger partial charge in [-0.2, -0.15) is 5.10 Å². The van der Waals surface area contributed by atoms with E-state index < -0.39 is 6.04 Å². The van der Waals surface area contributed by atoms with Gasteiger partial charge in [-0.1, -0.05) is 48.9 Å². The van der Waals surface area contributed by atoms with Crippen LogP contribution in [-0.4, -0.2) is 28.7 Å². The molecule has 1 aliphatic rings. The van der Waals surface area contributed by atoms with Crippen LogP contribution in [0.5, 0.6) is 0 Å². The Kier molecular flexibility index (Phi) is 6.06. The zero-order chi connectivity index (χ0) is 22.0. The average Bonchev–Trinajstić information content (AvgIpc) is 3.23. The first kappa shape index (κ1) is 21.1. The molecule has 1 atom stereocenters. The Bertz CT molecular complexity index is 1140. The van der Waals surface area contributed by atoms with Crippen LogP contribution in [-0.2, 0) is 27.4 Å². The summed E-state index contributed by atoms with van der Waals surface area (Å²) in [6, 6.07) is 14.2. The Hall–Kier alpha value is -3.16. The van der Waals surface area contributed by atoms with Crippen LogP contribution in [0.3, 0.4) is 0 Å². The van der Waals surface area contributed by atoms with E-state index in [-0.39, 0.29) is 24.8 Å². The summed E-state index contributed by atoms with van der Waals surface area (Å²) >= 11 is 6.17. The van der Waals surface area contributed by atoms with Crippen molar-refractivity contribution in [2.45, 2.75) is 32.4 Å². The number of carbonyl (C=O) groups is 2. The largest absolute Gasteiger partial charge is 0.378 e. The molecule has 4 rings (SSSR count). The van der Waals surface area contributed by atoms with E-state index in [9.17, 15) is 9.59 Å². The highest BCUT2D eigenvalue weighted by Crippen LogP contribution is 2.39. The number of halogens is 1. The number of aryl methyl sites for hydroxylation is 1. The highest BCUT2D eigenvalue weighted by molar-refractivity contribution is 6.30. The number of methoxy groups -OCH3 is 1. The molecule has 1 aromatic heterocycles. The van der Waals surface area contributed by atoms with Crippen LogP contribution < -0.4 is 10.6 Å². The third kappa shape index (κ3) is 4.19. The topological polar surface area (TPSA) is 85.2 Å². The molecule has 1 unspecified atom stereocenters. The van der Waals surface area contributed by atoms with Gasteiger partial charge in [0, 0.05) is 23.4 Å². The van der Waals surface area contributed by atoms with Gasteiger partial charge >= 0.3 is 0 Å². The number of anilines is 2. The fourth-order valence-electron chi connectivity index (χ4n) is 3.83. The normalized spacial score (nSPS) is 14.9. The van der Waals surface area contributed by atoms with Crippen LogP contribution in [0.15, 0.2) is 48.5 Å². The van der Waals surface area contributed by atoms with E-state index in [0.29, 0.717) is 16.5 Å². The summed E-state index contributed by atoms with van der Waals surface area (Å²) < 4.78 is 6.89. The summed E-state index contributed by atoms with van der Waals surface area (Å²) in [5.41, 5.74) is 4.03. The predicted molar refractivity (Wildman–Crippen MR) is 120 cm³/mol. The molecule has 0 aliphatic carbocycles. The average molecular weight is 439 g/mol. The minimum absolute atomic E-state index is 0.0278. The van der Waals surface area contributed by atoms with Gasteiger partial charge in [-0.05, 0) is 35.7 Å². The van der Waals surface area contributed by atoms with Crippen LogP contribution in [0.1, 0.15) is 30.6 Å². The molecule has 3 aromatic rings. The fraction of sp³-hybridized carbons (Fsp3) is 0.261. The molecule has 2 heterocycles. The number of hydrogen-bond acceptors (Lipinski definition) is 4. The number of rotatable bonds is 7. The molecular weight excluding hydrogens is 416 g/mol. The van der Waals surface area contributed by atoms with E-state index in [4.69, 9.17) is 16.3 Å². The molecular formula is C23H23ClN4O3. The van der Waals surface area contributed by atoms with Gasteiger partial charge in [0.15, 0.2) is 0 Å². The van der Waals surface area contributed by atoms with Crippen molar-refractivity contribution in [1.29, 1.82) is 0 Å². The lowest BCUT2D eigenvalue weighted by Gasteiger charge is -2.12. The van der Waals surface area contributed by atoms with E-state index in [1.54, 1.807) is 17.9 Å². The quantitative estimate of drug-likeness (QED) is 0.571. The number of fused-ring (bicyclic) bond motifs is 1. The summed E-state index contributed by atoms with van der Waals surface area (Å²) in [6.45, 7) is 2.29. The zero-order valence-electron chi connectivity index (χ0n) is 17.3. The Labute approximate surface area is 185 Å². The second-order valence-electron chi connectivity index (χ2n) is 7.33. The summed E-state index contributed by atoms with van der Waals surface area (Å²) in [4.78, 5) is 25.5. The van der Waals surface area contributed by atoms with Gasteiger partial charge in [-0.25, -0.2) is 4.68 Å². The summed E-state index contributed by atoms with van der Waals surface area (Å²) in [6.07, 6.45) is 0.771. The molecule has 31 heavy (non-hydrogen) atoms. The number of amides is 2. The molecule has 0 saturated heterocycles. The van der Waals surface area contributed by atoms with Crippen molar-refractivity contribution in [2.75, 3.05) is 17.7 Å². The van der Waals surface area contributed by atoms with Crippen molar-refractivity contribution in [3.63, 3.8) is 0 Å². The molecule has 2 N–H and O–H groups in total. The number of benzene rings is 2. The number of ether oxygens (including phenoxy) is 1. The highest BCUT2D eigenvalue weighted by atomic mass is 35.5. The molecule has 160 valence electrons. The van der Waals surface area contributed by atoms with Crippen LogP contribution >= 0.6 is 11.6 Å². The third-order valence-electron chi connectivity index (χ3n) is 5.27. The SMILES string of the molecule is CCc1ccccc1NC(=O)CC1C(=O)Nc2c(-c3cccc(Cl)c3)c(COC)nn21. The molecule has 0 fully saturated rings. The molecule has 0 spiro atoms. The first-order valence-corrected chi connectivity index (χ1v) is 10.4. The second kappa shape index (κ2) is 8.91. The van der Waals surface area contributed by atoms with Crippen molar-refractivity contribution >= 4 is 34.9 Å². The molecule has 8 heteroatoms. The number of para-hydroxylation sites is 1. The van der Waals surface area contributed by atoms with E-state index in [0.717, 1.165) is 28.8 Å². The van der Waals surface area contributed by atoms with Crippen molar-refractivity contribution in [3.05, 3.63) is 64.8 Å². The Balaban J connectivity index is 1.63. The first-order valence-electron chi connectivity index (χ1n) is 10.1. The molecule has 2 amide bonds. The van der Waals surface area contributed by atoms with Gasteiger partial charge < -0.3 is 15.4 Å². The zero-order valence-corrected chi connectivity index (χ0v) is 18.1. The van der Waals surface area contributed by atoms with Gasteiger partial charge in [0.05, 0.1) is 18.7 Å². The first-order chi connectivity index (χ1) is 15.0. The monoisotopic (exact) mass is 438 g/mol. The van der Waals surface area contributed by atoms with Gasteiger partial charge in [-0.3, -0.25) is 9.59 Å². The minimum Gasteiger partial charge on any atom is -0.378 e. The number of hydrogen-bond donors (Lipinski definition) is 2. The predicted octanol–water partition coefficient (Wildman–Crippen LogP) is 4.43. The summed E-state index contributed by atoms with van der Waals surface area (Å²) in [5, 5.41) is 11.0. The molecule has 0 radical (unpaired) electrons. The Morgan fingerprint density at radius 2 is 2.06 bits per heavy atom. The van der Waals surface area contributed by atoms with E-state index in [1.807, 2.05) is 49.4 Å². The lowest BCUT2D eigenvalue weighted by atomic mass is 10.1. The van der Waals surface area contributed by atoms with Crippen molar-refractivity contribution in [3.8, 4) is 11.1 Å². The van der Waals surface area contributed by atoms with Gasteiger partial charge in [0.25, 0.3) is 5.91 Å². The van der Waals surface area contributed by atoms with Gasteiger partial charge in [-0.15, -0.1) is 0 Å². The lowest BCUT2D eigenvalue weighted by molar-refractivity contribution is -0.123. The van der Waals surface area contributed by atoms with Crippen LogP contribution in [0.25, 0.3) is 11.1 Å². The fourth-order valence-corrected chi connectivity index (χ4v) is 4.02. The standard InChI is InChI=1S/C23H23ClN4O3/c1-3-14-7-4-5-10-17(14)25-20(29)12-19-23(30)26-22-21(15-8-6-9-16(24)11-15)18(13-31-2)27-28(19)22/h4-11,19H,3,12-13H2,1-2H3,(H,25,29)(H,26,30). The van der Waals surface area contributed by atoms with Crippen LogP contribution in [0.2, 0.25) is 5.02 Å². The molecule has 1 aliphatic heterocycles. The van der Waals surface area contributed by atoms with Crippen molar-refractivity contribution in [1.82, 2.24) is 9.78 Å². The maximum Gasteiger partial charge on any atom is 0.251 e. The lowest BCUT2D eigenvalue weighted by Crippen LogP contribution is -2.24. The van der Waals surface area contributed by atoms with Crippen LogP contribution in [0.4, 0.5) is 11.5 Å². The van der Waals surface area contributed by atoms with Crippen LogP contribution in [0, 0.1) is 0 Å². The number of aromatic nitrogens is 2. The van der Waals surface area contributed by atoms with Gasteiger partial charge in [0.1, 0.15) is 11.9 Å².